The number of nitrogens with one attached hydrogen (secondary N) is 1. The second kappa shape index (κ2) is 9.11. The Balaban J connectivity index is 1.26. The monoisotopic (exact) mass is 405 g/mol. The zero-order valence-electron chi connectivity index (χ0n) is 17.0. The Hall–Kier alpha value is -3.15. The zero-order chi connectivity index (χ0) is 20.9. The Morgan fingerprint density at radius 2 is 1.53 bits per heavy atom. The number of rotatable bonds is 5. The number of nitrogens with zero attached hydrogens (tertiary/aromatic N) is 2. The van der Waals surface area contributed by atoms with Crippen LogP contribution in [0.25, 0.3) is 0 Å². The van der Waals surface area contributed by atoms with Crippen LogP contribution >= 0.6 is 0 Å². The summed E-state index contributed by atoms with van der Waals surface area (Å²) in [7, 11) is 0. The van der Waals surface area contributed by atoms with Crippen molar-refractivity contribution in [2.24, 2.45) is 11.8 Å². The Morgan fingerprint density at radius 1 is 0.900 bits per heavy atom. The van der Waals surface area contributed by atoms with Crippen molar-refractivity contribution in [1.82, 2.24) is 10.2 Å². The molecule has 156 valence electrons. The maximum Gasteiger partial charge on any atom is 0.228 e. The fourth-order valence-corrected chi connectivity index (χ4v) is 4.28. The lowest BCUT2D eigenvalue weighted by molar-refractivity contribution is -0.139. The average Bonchev–Trinajstić information content (AvgIpc) is 3.20. The molecule has 6 heteroatoms. The van der Waals surface area contributed by atoms with Gasteiger partial charge in [-0.2, -0.15) is 0 Å². The predicted octanol–water partition coefficient (Wildman–Crippen LogP) is 2.59. The molecule has 0 bridgehead atoms. The van der Waals surface area contributed by atoms with Crippen molar-refractivity contribution in [2.75, 3.05) is 24.5 Å². The van der Waals surface area contributed by atoms with Crippen LogP contribution in [0.3, 0.4) is 0 Å². The Bertz CT molecular complexity index is 892. The van der Waals surface area contributed by atoms with Crippen LogP contribution in [0, 0.1) is 11.8 Å². The zero-order valence-corrected chi connectivity index (χ0v) is 17.0. The van der Waals surface area contributed by atoms with Gasteiger partial charge in [0.1, 0.15) is 0 Å². The van der Waals surface area contributed by atoms with Crippen LogP contribution < -0.4 is 10.2 Å². The van der Waals surface area contributed by atoms with E-state index in [1.165, 1.54) is 0 Å². The minimum absolute atomic E-state index is 0.00488. The molecule has 30 heavy (non-hydrogen) atoms. The molecule has 1 atom stereocenters. The highest BCUT2D eigenvalue weighted by Crippen LogP contribution is 2.27. The second-order valence-electron chi connectivity index (χ2n) is 8.04. The Labute approximate surface area is 176 Å². The van der Waals surface area contributed by atoms with Crippen molar-refractivity contribution in [1.29, 1.82) is 0 Å². The summed E-state index contributed by atoms with van der Waals surface area (Å²) in [5.41, 5.74) is 1.92. The van der Waals surface area contributed by atoms with E-state index in [1.54, 1.807) is 4.90 Å². The molecule has 2 fully saturated rings. The van der Waals surface area contributed by atoms with Crippen LogP contribution in [-0.2, 0) is 20.9 Å². The van der Waals surface area contributed by atoms with Gasteiger partial charge in [-0.1, -0.05) is 48.5 Å². The largest absolute Gasteiger partial charge is 0.352 e. The lowest BCUT2D eigenvalue weighted by Gasteiger charge is -2.33. The van der Waals surface area contributed by atoms with Crippen LogP contribution in [0.4, 0.5) is 5.69 Å². The maximum absolute atomic E-state index is 13.0. The SMILES string of the molecule is O=C(NCc1ccccc1)C1CCN(C(=O)C2CC(=O)N(c3ccccc3)C2)CC1. The number of hydrogen-bond acceptors (Lipinski definition) is 3. The third-order valence-electron chi connectivity index (χ3n) is 6.03. The van der Waals surface area contributed by atoms with E-state index in [9.17, 15) is 14.4 Å². The van der Waals surface area contributed by atoms with Gasteiger partial charge in [-0.3, -0.25) is 14.4 Å². The summed E-state index contributed by atoms with van der Waals surface area (Å²) >= 11 is 0. The number of carbonyl (C=O) groups excluding carboxylic acids is 3. The lowest BCUT2D eigenvalue weighted by atomic mass is 9.94. The van der Waals surface area contributed by atoms with E-state index in [4.69, 9.17) is 0 Å². The molecular formula is C24H27N3O3. The summed E-state index contributed by atoms with van der Waals surface area (Å²) in [6.07, 6.45) is 1.58. The van der Waals surface area contributed by atoms with E-state index in [-0.39, 0.29) is 36.0 Å². The highest BCUT2D eigenvalue weighted by molar-refractivity contribution is 6.00. The van der Waals surface area contributed by atoms with Gasteiger partial charge in [0.2, 0.25) is 17.7 Å². The predicted molar refractivity (Wildman–Crippen MR) is 114 cm³/mol. The average molecular weight is 405 g/mol. The number of hydrogen-bond donors (Lipinski definition) is 1. The molecule has 1 unspecified atom stereocenters. The summed E-state index contributed by atoms with van der Waals surface area (Å²) in [4.78, 5) is 41.4. The topological polar surface area (TPSA) is 69.7 Å². The Kier molecular flexibility index (Phi) is 6.12. The van der Waals surface area contributed by atoms with Crippen LogP contribution in [-0.4, -0.2) is 42.3 Å². The molecule has 2 aliphatic rings. The third kappa shape index (κ3) is 4.53. The van der Waals surface area contributed by atoms with Gasteiger partial charge in [0.15, 0.2) is 0 Å². The molecule has 2 heterocycles. The number of para-hydroxylation sites is 1. The minimum Gasteiger partial charge on any atom is -0.352 e. The fourth-order valence-electron chi connectivity index (χ4n) is 4.28. The molecule has 0 radical (unpaired) electrons. The number of amides is 3. The van der Waals surface area contributed by atoms with E-state index in [0.29, 0.717) is 39.0 Å². The Morgan fingerprint density at radius 3 is 2.20 bits per heavy atom. The minimum atomic E-state index is -0.304. The van der Waals surface area contributed by atoms with E-state index < -0.39 is 0 Å². The summed E-state index contributed by atoms with van der Waals surface area (Å²) in [5, 5.41) is 3.00. The fraction of sp³-hybridized carbons (Fsp3) is 0.375. The van der Waals surface area contributed by atoms with Crippen LogP contribution in [0.15, 0.2) is 60.7 Å². The molecule has 2 aromatic rings. The van der Waals surface area contributed by atoms with E-state index in [2.05, 4.69) is 5.32 Å². The van der Waals surface area contributed by atoms with Crippen LogP contribution in [0.2, 0.25) is 0 Å². The standard InChI is InChI=1S/C24H27N3O3/c28-22-15-20(17-27(22)21-9-5-2-6-10-21)24(30)26-13-11-19(12-14-26)23(29)25-16-18-7-3-1-4-8-18/h1-10,19-20H,11-17H2,(H,25,29). The summed E-state index contributed by atoms with van der Waals surface area (Å²) in [6, 6.07) is 19.3. The van der Waals surface area contributed by atoms with E-state index >= 15 is 0 Å². The van der Waals surface area contributed by atoms with Gasteiger partial charge < -0.3 is 15.1 Å². The third-order valence-corrected chi connectivity index (χ3v) is 6.03. The van der Waals surface area contributed by atoms with Gasteiger partial charge in [-0.25, -0.2) is 0 Å². The normalized spacial score (nSPS) is 19.7. The smallest absolute Gasteiger partial charge is 0.228 e. The molecule has 1 N–H and O–H groups in total. The van der Waals surface area contributed by atoms with Gasteiger partial charge in [0.05, 0.1) is 5.92 Å². The molecule has 0 spiro atoms. The first kappa shape index (κ1) is 20.1. The summed E-state index contributed by atoms with van der Waals surface area (Å²) in [6.45, 7) is 2.09. The van der Waals surface area contributed by atoms with Crippen molar-refractivity contribution in [3.8, 4) is 0 Å². The highest BCUT2D eigenvalue weighted by atomic mass is 16.2. The molecule has 2 aliphatic heterocycles. The van der Waals surface area contributed by atoms with Crippen molar-refractivity contribution in [3.05, 3.63) is 66.2 Å². The van der Waals surface area contributed by atoms with Crippen molar-refractivity contribution in [2.45, 2.75) is 25.8 Å². The van der Waals surface area contributed by atoms with Crippen LogP contribution in [0.1, 0.15) is 24.8 Å². The van der Waals surface area contributed by atoms with Gasteiger partial charge in [0, 0.05) is 44.2 Å². The quantitative estimate of drug-likeness (QED) is 0.831. The molecule has 2 aromatic carbocycles. The number of benzene rings is 2. The van der Waals surface area contributed by atoms with E-state index in [1.807, 2.05) is 65.6 Å². The number of likely N-dealkylation sites (tertiary alicyclic amines) is 1. The second-order valence-corrected chi connectivity index (χ2v) is 8.04. The maximum atomic E-state index is 13.0. The van der Waals surface area contributed by atoms with Crippen molar-refractivity contribution < 1.29 is 14.4 Å². The first-order chi connectivity index (χ1) is 14.6. The van der Waals surface area contributed by atoms with Gasteiger partial charge in [-0.05, 0) is 30.5 Å². The van der Waals surface area contributed by atoms with E-state index in [0.717, 1.165) is 11.3 Å². The lowest BCUT2D eigenvalue weighted by Crippen LogP contribution is -2.45. The molecule has 0 aliphatic carbocycles. The van der Waals surface area contributed by atoms with Gasteiger partial charge >= 0.3 is 0 Å². The molecule has 0 saturated carbocycles. The number of carbonyl (C=O) groups is 3. The molecular weight excluding hydrogens is 378 g/mol. The van der Waals surface area contributed by atoms with Gasteiger partial charge in [-0.15, -0.1) is 0 Å². The molecule has 6 nitrogen and oxygen atoms in total. The van der Waals surface area contributed by atoms with Gasteiger partial charge in [0.25, 0.3) is 0 Å². The highest BCUT2D eigenvalue weighted by Gasteiger charge is 2.38. The van der Waals surface area contributed by atoms with Crippen molar-refractivity contribution in [3.63, 3.8) is 0 Å². The number of anilines is 1. The summed E-state index contributed by atoms with van der Waals surface area (Å²) in [5.74, 6) is -0.290. The first-order valence-electron chi connectivity index (χ1n) is 10.6. The van der Waals surface area contributed by atoms with Crippen molar-refractivity contribution >= 4 is 23.4 Å². The summed E-state index contributed by atoms with van der Waals surface area (Å²) < 4.78 is 0. The molecule has 4 rings (SSSR count). The first-order valence-corrected chi connectivity index (χ1v) is 10.6. The molecule has 3 amide bonds. The number of piperidine rings is 1. The molecule has 2 saturated heterocycles. The van der Waals surface area contributed by atoms with Crippen LogP contribution in [0.5, 0.6) is 0 Å². The molecule has 0 aromatic heterocycles.